The number of hydrogen-bond donors (Lipinski definition) is 1. The van der Waals surface area contributed by atoms with Crippen LogP contribution >= 0.6 is 58.2 Å². The van der Waals surface area contributed by atoms with Gasteiger partial charge in [0.05, 0.1) is 0 Å². The monoisotopic (exact) mass is 382 g/mol. The van der Waals surface area contributed by atoms with Crippen molar-refractivity contribution < 1.29 is 9.59 Å². The zero-order valence-corrected chi connectivity index (χ0v) is 14.9. The van der Waals surface area contributed by atoms with E-state index in [-0.39, 0.29) is 5.91 Å². The maximum Gasteiger partial charge on any atom is 0.253 e. The van der Waals surface area contributed by atoms with E-state index in [1.165, 1.54) is 4.90 Å². The quantitative estimate of drug-likeness (QED) is 0.589. The molecule has 1 N–H and O–H groups in total. The van der Waals surface area contributed by atoms with Crippen LogP contribution in [0.15, 0.2) is 0 Å². The minimum Gasteiger partial charge on any atom is -0.342 e. The third-order valence-corrected chi connectivity index (χ3v) is 3.82. The molecule has 0 saturated carbocycles. The minimum absolute atomic E-state index is 0.220. The number of halogens is 4. The fourth-order valence-corrected chi connectivity index (χ4v) is 2.49. The van der Waals surface area contributed by atoms with E-state index in [9.17, 15) is 9.59 Å². The Balaban J connectivity index is 4.78. The number of thioether (sulfide) groups is 1. The Hall–Kier alpha value is 0.450. The molecule has 2 amide bonds. The van der Waals surface area contributed by atoms with Gasteiger partial charge in [-0.15, -0.1) is 23.2 Å². The molecule has 9 heteroatoms. The molecule has 0 aromatic rings. The van der Waals surface area contributed by atoms with Gasteiger partial charge < -0.3 is 10.2 Å². The summed E-state index contributed by atoms with van der Waals surface area (Å²) in [6.07, 6.45) is 2.41. The Bertz CT molecular complexity index is 302. The Morgan fingerprint density at radius 2 is 1.75 bits per heavy atom. The second kappa shape index (κ2) is 12.0. The summed E-state index contributed by atoms with van der Waals surface area (Å²) < 4.78 is 0. The van der Waals surface area contributed by atoms with E-state index in [2.05, 4.69) is 5.32 Å². The average Bonchev–Trinajstić information content (AvgIpc) is 2.42. The van der Waals surface area contributed by atoms with Crippen LogP contribution in [0.25, 0.3) is 0 Å². The second-order valence-electron chi connectivity index (χ2n) is 3.85. The van der Waals surface area contributed by atoms with E-state index >= 15 is 0 Å². The van der Waals surface area contributed by atoms with E-state index < -0.39 is 16.8 Å². The van der Waals surface area contributed by atoms with Gasteiger partial charge in [-0.1, -0.05) is 23.2 Å². The lowest BCUT2D eigenvalue weighted by molar-refractivity contribution is -0.135. The van der Waals surface area contributed by atoms with Gasteiger partial charge in [0.15, 0.2) is 4.84 Å². The maximum absolute atomic E-state index is 12.4. The third-order valence-electron chi connectivity index (χ3n) is 2.44. The average molecular weight is 384 g/mol. The van der Waals surface area contributed by atoms with Crippen molar-refractivity contribution in [3.63, 3.8) is 0 Å². The normalized spacial score (nSPS) is 12.3. The largest absolute Gasteiger partial charge is 0.342 e. The Kier molecular flexibility index (Phi) is 12.3. The molecule has 0 bridgehead atoms. The number of amides is 2. The van der Waals surface area contributed by atoms with Gasteiger partial charge >= 0.3 is 0 Å². The first kappa shape index (κ1) is 20.5. The number of carbonyl (C=O) groups excluding carboxylic acids is 2. The molecular weight excluding hydrogens is 366 g/mol. The molecule has 0 aliphatic heterocycles. The van der Waals surface area contributed by atoms with Gasteiger partial charge in [0.25, 0.3) is 5.91 Å². The molecule has 20 heavy (non-hydrogen) atoms. The van der Waals surface area contributed by atoms with E-state index in [1.54, 1.807) is 11.8 Å². The summed E-state index contributed by atoms with van der Waals surface area (Å²) in [6.45, 7) is 0.758. The van der Waals surface area contributed by atoms with E-state index in [0.717, 1.165) is 5.75 Å². The Morgan fingerprint density at radius 3 is 2.15 bits per heavy atom. The summed E-state index contributed by atoms with van der Waals surface area (Å²) in [6, 6.07) is -0.665. The zero-order valence-electron chi connectivity index (χ0n) is 11.1. The molecular formula is C11H18Cl4N2O2S. The summed E-state index contributed by atoms with van der Waals surface area (Å²) in [4.78, 5) is 24.3. The molecule has 0 aliphatic rings. The molecule has 0 aromatic carbocycles. The SMILES string of the molecule is CSCCC(NC(=O)C(Cl)Cl)C(=O)N(CCCl)CCCl. The van der Waals surface area contributed by atoms with Crippen LogP contribution < -0.4 is 5.32 Å². The number of nitrogens with zero attached hydrogens (tertiary/aromatic N) is 1. The molecule has 118 valence electrons. The molecule has 0 rings (SSSR count). The number of hydrogen-bond acceptors (Lipinski definition) is 3. The second-order valence-corrected chi connectivity index (χ2v) is 6.68. The van der Waals surface area contributed by atoms with Gasteiger partial charge in [-0.05, 0) is 18.4 Å². The first-order valence-corrected chi connectivity index (χ1v) is 9.29. The van der Waals surface area contributed by atoms with Crippen molar-refractivity contribution in [2.45, 2.75) is 17.3 Å². The molecule has 0 aliphatic carbocycles. The summed E-state index contributed by atoms with van der Waals surface area (Å²) in [5.74, 6) is 0.535. The van der Waals surface area contributed by atoms with Crippen LogP contribution in [0.2, 0.25) is 0 Å². The molecule has 0 aromatic heterocycles. The van der Waals surface area contributed by atoms with Crippen LogP contribution in [0.5, 0.6) is 0 Å². The van der Waals surface area contributed by atoms with Crippen molar-refractivity contribution in [3.8, 4) is 0 Å². The van der Waals surface area contributed by atoms with E-state index in [4.69, 9.17) is 46.4 Å². The van der Waals surface area contributed by atoms with E-state index in [0.29, 0.717) is 31.3 Å². The highest BCUT2D eigenvalue weighted by Gasteiger charge is 2.26. The summed E-state index contributed by atoms with van der Waals surface area (Å²) in [5.41, 5.74) is 0. The van der Waals surface area contributed by atoms with Crippen LogP contribution in [0.1, 0.15) is 6.42 Å². The fraction of sp³-hybridized carbons (Fsp3) is 0.818. The standard InChI is InChI=1S/C11H18Cl4N2O2S/c1-20-7-2-8(16-10(18)9(14)15)11(19)17(5-3-12)6-4-13/h8-9H,2-7H2,1H3,(H,16,18). The lowest BCUT2D eigenvalue weighted by Crippen LogP contribution is -2.51. The van der Waals surface area contributed by atoms with Crippen molar-refractivity contribution in [2.75, 3.05) is 36.9 Å². The summed E-state index contributed by atoms with van der Waals surface area (Å²) >= 11 is 23.9. The summed E-state index contributed by atoms with van der Waals surface area (Å²) in [5, 5.41) is 2.55. The van der Waals surface area contributed by atoms with Gasteiger partial charge in [-0.3, -0.25) is 9.59 Å². The number of carbonyl (C=O) groups is 2. The molecule has 1 atom stereocenters. The predicted molar refractivity (Wildman–Crippen MR) is 88.4 cm³/mol. The molecule has 0 spiro atoms. The molecule has 0 heterocycles. The van der Waals surface area contributed by atoms with Gasteiger partial charge in [0.2, 0.25) is 5.91 Å². The van der Waals surface area contributed by atoms with Gasteiger partial charge in [-0.2, -0.15) is 11.8 Å². The number of rotatable bonds is 10. The molecule has 4 nitrogen and oxygen atoms in total. The van der Waals surface area contributed by atoms with Crippen molar-refractivity contribution in [1.29, 1.82) is 0 Å². The molecule has 0 fully saturated rings. The Labute approximate surface area is 143 Å². The highest BCUT2D eigenvalue weighted by Crippen LogP contribution is 2.08. The van der Waals surface area contributed by atoms with Crippen molar-refractivity contribution >= 4 is 70.0 Å². The van der Waals surface area contributed by atoms with Gasteiger partial charge in [-0.25, -0.2) is 0 Å². The number of nitrogens with one attached hydrogen (secondary N) is 1. The van der Waals surface area contributed by atoms with Crippen LogP contribution in [-0.4, -0.2) is 64.5 Å². The van der Waals surface area contributed by atoms with Crippen molar-refractivity contribution in [1.82, 2.24) is 10.2 Å². The van der Waals surface area contributed by atoms with Crippen LogP contribution in [0, 0.1) is 0 Å². The first-order chi connectivity index (χ1) is 9.47. The topological polar surface area (TPSA) is 49.4 Å². The van der Waals surface area contributed by atoms with Crippen molar-refractivity contribution in [3.05, 3.63) is 0 Å². The van der Waals surface area contributed by atoms with Crippen LogP contribution in [0.4, 0.5) is 0 Å². The molecule has 0 radical (unpaired) electrons. The van der Waals surface area contributed by atoms with E-state index in [1.807, 2.05) is 6.26 Å². The van der Waals surface area contributed by atoms with Crippen molar-refractivity contribution in [2.24, 2.45) is 0 Å². The third kappa shape index (κ3) is 8.03. The Morgan fingerprint density at radius 1 is 1.20 bits per heavy atom. The first-order valence-electron chi connectivity index (χ1n) is 5.96. The summed E-state index contributed by atoms with van der Waals surface area (Å²) in [7, 11) is 0. The highest BCUT2D eigenvalue weighted by molar-refractivity contribution is 7.98. The molecule has 0 saturated heterocycles. The smallest absolute Gasteiger partial charge is 0.253 e. The highest BCUT2D eigenvalue weighted by atomic mass is 35.5. The molecule has 1 unspecified atom stereocenters. The van der Waals surface area contributed by atoms with Gasteiger partial charge in [0.1, 0.15) is 6.04 Å². The van der Waals surface area contributed by atoms with Crippen LogP contribution in [-0.2, 0) is 9.59 Å². The predicted octanol–water partition coefficient (Wildman–Crippen LogP) is 2.33. The van der Waals surface area contributed by atoms with Gasteiger partial charge in [0, 0.05) is 24.8 Å². The fourth-order valence-electron chi connectivity index (χ4n) is 1.48. The maximum atomic E-state index is 12.4. The van der Waals surface area contributed by atoms with Crippen LogP contribution in [0.3, 0.4) is 0 Å². The lowest BCUT2D eigenvalue weighted by Gasteiger charge is -2.27. The minimum atomic E-state index is -1.20. The number of alkyl halides is 4. The lowest BCUT2D eigenvalue weighted by atomic mass is 10.2. The zero-order chi connectivity index (χ0) is 15.5.